The number of amides is 2. The zero-order valence-corrected chi connectivity index (χ0v) is 17.3. The third-order valence-electron chi connectivity index (χ3n) is 4.36. The lowest BCUT2D eigenvalue weighted by Gasteiger charge is -2.49. The number of β-lactam (4-membered cyclic amide) rings is 1. The van der Waals surface area contributed by atoms with Crippen molar-refractivity contribution in [2.24, 2.45) is 0 Å². The summed E-state index contributed by atoms with van der Waals surface area (Å²) in [6, 6.07) is 3.26. The second-order valence-corrected chi connectivity index (χ2v) is 8.69. The minimum atomic E-state index is -0.553. The molecule has 4 rings (SSSR count). The molecular formula is C16H16BClN6O2S2. The molecule has 2 amide bonds. The Kier molecular flexibility index (Phi) is 5.56. The molecule has 2 aliphatic heterocycles. The maximum absolute atomic E-state index is 12.9. The van der Waals surface area contributed by atoms with Crippen molar-refractivity contribution < 1.29 is 9.59 Å². The van der Waals surface area contributed by atoms with Crippen molar-refractivity contribution in [1.82, 2.24) is 30.3 Å². The number of hydrogen-bond acceptors (Lipinski definition) is 7. The highest BCUT2D eigenvalue weighted by atomic mass is 35.5. The van der Waals surface area contributed by atoms with Gasteiger partial charge in [0.1, 0.15) is 11.4 Å². The first-order chi connectivity index (χ1) is 13.6. The molecule has 2 atom stereocenters. The standard InChI is InChI=1S/C16H16BClN6O2S2/c17-24-21-14(20-22-24)13-9(3-1-5-18)8-28-16-12(15(26)23(13)16)19-11(25)7-10-4-2-6-27-10/h1-4,6,12,16H,5,7-8,17H2,(H,19,25)/t12-,16-/m1/s1. The molecule has 0 aliphatic carbocycles. The molecule has 0 unspecified atom stereocenters. The number of rotatable bonds is 6. The number of fused-ring (bicyclic) bond motifs is 1. The molecule has 1 N–H and O–H groups in total. The average molecular weight is 435 g/mol. The van der Waals surface area contributed by atoms with Crippen LogP contribution in [0.3, 0.4) is 0 Å². The molecule has 0 aromatic carbocycles. The fourth-order valence-corrected chi connectivity index (χ4v) is 5.25. The Morgan fingerprint density at radius 3 is 3.04 bits per heavy atom. The van der Waals surface area contributed by atoms with Crippen molar-refractivity contribution in [3.63, 3.8) is 0 Å². The number of alkyl halides is 1. The number of hydrogen-bond donors (Lipinski definition) is 1. The number of thiophene rings is 1. The summed E-state index contributed by atoms with van der Waals surface area (Å²) in [5.41, 5.74) is 1.54. The molecule has 28 heavy (non-hydrogen) atoms. The SMILES string of the molecule is Bn1nnc(C2=C(C=CCCl)CS[C@@H]3[C@H](NC(=O)Cc4cccs4)C(=O)N23)n1. The Morgan fingerprint density at radius 2 is 2.36 bits per heavy atom. The van der Waals surface area contributed by atoms with Crippen LogP contribution in [0.15, 0.2) is 35.2 Å². The summed E-state index contributed by atoms with van der Waals surface area (Å²) in [4.78, 5) is 27.8. The van der Waals surface area contributed by atoms with Gasteiger partial charge in [-0.2, -0.15) is 0 Å². The summed E-state index contributed by atoms with van der Waals surface area (Å²) in [5.74, 6) is 1.09. The van der Waals surface area contributed by atoms with E-state index >= 15 is 0 Å². The van der Waals surface area contributed by atoms with Crippen molar-refractivity contribution >= 4 is 60.2 Å². The molecule has 2 aromatic rings. The van der Waals surface area contributed by atoms with Crippen LogP contribution in [0.4, 0.5) is 0 Å². The van der Waals surface area contributed by atoms with Crippen LogP contribution < -0.4 is 5.32 Å². The quantitative estimate of drug-likeness (QED) is 0.399. The molecule has 0 saturated carbocycles. The number of allylic oxidation sites excluding steroid dienone is 2. The largest absolute Gasteiger partial charge is 0.341 e. The van der Waals surface area contributed by atoms with Crippen LogP contribution in [0.2, 0.25) is 0 Å². The number of carbonyl (C=O) groups is 2. The van der Waals surface area contributed by atoms with E-state index < -0.39 is 6.04 Å². The summed E-state index contributed by atoms with van der Waals surface area (Å²) < 4.78 is 1.35. The first-order valence-electron chi connectivity index (χ1n) is 8.55. The topological polar surface area (TPSA) is 93.0 Å². The van der Waals surface area contributed by atoms with Gasteiger partial charge in [-0.25, -0.2) is 4.71 Å². The monoisotopic (exact) mass is 434 g/mol. The van der Waals surface area contributed by atoms with Crippen molar-refractivity contribution in [1.29, 1.82) is 0 Å². The second-order valence-electron chi connectivity index (χ2n) is 6.24. The molecule has 2 aliphatic rings. The lowest BCUT2D eigenvalue weighted by Crippen LogP contribution is -2.69. The van der Waals surface area contributed by atoms with Gasteiger partial charge in [0.05, 0.1) is 12.1 Å². The number of nitrogens with one attached hydrogen (secondary N) is 1. The van der Waals surface area contributed by atoms with Crippen LogP contribution in [0, 0.1) is 0 Å². The summed E-state index contributed by atoms with van der Waals surface area (Å²) in [7, 11) is 1.67. The molecule has 0 bridgehead atoms. The number of tetrazole rings is 1. The fourth-order valence-electron chi connectivity index (χ4n) is 3.14. The first kappa shape index (κ1) is 19.2. The zero-order chi connectivity index (χ0) is 19.7. The first-order valence-corrected chi connectivity index (χ1v) is 11.0. The van der Waals surface area contributed by atoms with E-state index in [1.165, 1.54) is 16.0 Å². The minimum absolute atomic E-state index is 0.156. The van der Waals surface area contributed by atoms with E-state index in [0.717, 1.165) is 10.5 Å². The van der Waals surface area contributed by atoms with Gasteiger partial charge in [0.2, 0.25) is 11.7 Å². The highest BCUT2D eigenvalue weighted by Crippen LogP contribution is 2.43. The number of aromatic nitrogens is 4. The van der Waals surface area contributed by atoms with Gasteiger partial charge >= 0.3 is 0 Å². The Labute approximate surface area is 175 Å². The average Bonchev–Trinajstić information content (AvgIpc) is 3.35. The molecule has 0 radical (unpaired) electrons. The number of halogens is 1. The van der Waals surface area contributed by atoms with Crippen LogP contribution in [0.25, 0.3) is 5.70 Å². The predicted molar refractivity (Wildman–Crippen MR) is 112 cm³/mol. The lowest BCUT2D eigenvalue weighted by molar-refractivity contribution is -0.143. The van der Waals surface area contributed by atoms with Gasteiger partial charge in [-0.1, -0.05) is 23.4 Å². The number of thioether (sulfide) groups is 1. The molecule has 2 aromatic heterocycles. The Bertz CT molecular complexity index is 960. The van der Waals surface area contributed by atoms with Crippen molar-refractivity contribution in [3.05, 3.63) is 45.9 Å². The van der Waals surface area contributed by atoms with Crippen molar-refractivity contribution in [3.8, 4) is 0 Å². The van der Waals surface area contributed by atoms with Gasteiger partial charge < -0.3 is 5.32 Å². The highest BCUT2D eigenvalue weighted by molar-refractivity contribution is 8.00. The van der Waals surface area contributed by atoms with E-state index in [1.807, 2.05) is 29.7 Å². The molecule has 4 heterocycles. The van der Waals surface area contributed by atoms with Gasteiger partial charge in [-0.3, -0.25) is 14.5 Å². The Balaban J connectivity index is 1.55. The van der Waals surface area contributed by atoms with Gasteiger partial charge in [0.15, 0.2) is 0 Å². The summed E-state index contributed by atoms with van der Waals surface area (Å²) in [6.45, 7) is 0. The Morgan fingerprint density at radius 1 is 1.50 bits per heavy atom. The minimum Gasteiger partial charge on any atom is -0.341 e. The van der Waals surface area contributed by atoms with Crippen molar-refractivity contribution in [2.45, 2.75) is 17.8 Å². The lowest BCUT2D eigenvalue weighted by atomic mass is 10.0. The van der Waals surface area contributed by atoms with E-state index in [-0.39, 0.29) is 23.6 Å². The highest BCUT2D eigenvalue weighted by Gasteiger charge is 2.53. The van der Waals surface area contributed by atoms with Gasteiger partial charge in [0.25, 0.3) is 13.9 Å². The van der Waals surface area contributed by atoms with Gasteiger partial charge in [0, 0.05) is 16.5 Å². The smallest absolute Gasteiger partial charge is 0.278 e. The summed E-state index contributed by atoms with van der Waals surface area (Å²) in [5, 5.41) is 16.8. The maximum Gasteiger partial charge on any atom is 0.278 e. The third-order valence-corrected chi connectivity index (χ3v) is 6.71. The van der Waals surface area contributed by atoms with E-state index in [0.29, 0.717) is 23.2 Å². The second kappa shape index (κ2) is 8.10. The van der Waals surface area contributed by atoms with Crippen LogP contribution in [-0.2, 0) is 16.0 Å². The van der Waals surface area contributed by atoms with Gasteiger partial charge in [-0.05, 0) is 17.0 Å². The molecule has 144 valence electrons. The predicted octanol–water partition coefficient (Wildman–Crippen LogP) is 0.279. The van der Waals surface area contributed by atoms with Crippen molar-refractivity contribution in [2.75, 3.05) is 11.6 Å². The number of nitrogens with zero attached hydrogens (tertiary/aromatic N) is 5. The zero-order valence-electron chi connectivity index (χ0n) is 14.9. The van der Waals surface area contributed by atoms with Crippen LogP contribution in [0.5, 0.6) is 0 Å². The maximum atomic E-state index is 12.9. The molecule has 0 spiro atoms. The van der Waals surface area contributed by atoms with E-state index in [4.69, 9.17) is 11.6 Å². The molecule has 12 heteroatoms. The van der Waals surface area contributed by atoms with E-state index in [9.17, 15) is 9.59 Å². The normalized spacial score (nSPS) is 21.8. The molecule has 1 fully saturated rings. The van der Waals surface area contributed by atoms with Crippen LogP contribution in [-0.4, -0.2) is 67.9 Å². The molecule has 8 nitrogen and oxygen atoms in total. The van der Waals surface area contributed by atoms with E-state index in [1.54, 1.807) is 24.6 Å². The molecule has 1 saturated heterocycles. The van der Waals surface area contributed by atoms with Crippen LogP contribution >= 0.6 is 34.7 Å². The fraction of sp³-hybridized carbons (Fsp3) is 0.312. The Hall–Kier alpha value is -2.11. The van der Waals surface area contributed by atoms with E-state index in [2.05, 4.69) is 20.7 Å². The van der Waals surface area contributed by atoms with Gasteiger partial charge in [-0.15, -0.1) is 44.9 Å². The third kappa shape index (κ3) is 3.61. The number of carbonyl (C=O) groups excluding carboxylic acids is 2. The summed E-state index contributed by atoms with van der Waals surface area (Å²) >= 11 is 8.89. The van der Waals surface area contributed by atoms with Crippen LogP contribution in [0.1, 0.15) is 10.7 Å². The summed E-state index contributed by atoms with van der Waals surface area (Å²) in [6.07, 6.45) is 3.98. The molecular weight excluding hydrogens is 419 g/mol.